The Morgan fingerprint density at radius 1 is 1.29 bits per heavy atom. The lowest BCUT2D eigenvalue weighted by Crippen LogP contribution is -2.35. The molecule has 0 aliphatic carbocycles. The number of carbonyl (C=O) groups is 1. The monoisotopic (exact) mass is 293 g/mol. The first-order chi connectivity index (χ1) is 10.1. The van der Waals surface area contributed by atoms with Crippen molar-refractivity contribution in [1.82, 2.24) is 9.80 Å². The number of halogens is 1. The van der Waals surface area contributed by atoms with Crippen LogP contribution in [-0.2, 0) is 0 Å². The largest absolute Gasteiger partial charge is 0.337 e. The van der Waals surface area contributed by atoms with Gasteiger partial charge in [0.1, 0.15) is 5.82 Å². The molecule has 1 saturated heterocycles. The van der Waals surface area contributed by atoms with Crippen LogP contribution < -0.4 is 5.73 Å². The molecule has 1 amide bonds. The highest BCUT2D eigenvalue weighted by atomic mass is 19.1. The summed E-state index contributed by atoms with van der Waals surface area (Å²) in [6, 6.07) is 4.57. The van der Waals surface area contributed by atoms with Gasteiger partial charge >= 0.3 is 0 Å². The summed E-state index contributed by atoms with van der Waals surface area (Å²) in [5, 5.41) is 0. The third kappa shape index (κ3) is 4.25. The Morgan fingerprint density at radius 2 is 2.10 bits per heavy atom. The fourth-order valence-electron chi connectivity index (χ4n) is 2.67. The van der Waals surface area contributed by atoms with Gasteiger partial charge in [-0.2, -0.15) is 0 Å². The predicted octanol–water partition coefficient (Wildman–Crippen LogP) is 1.63. The van der Waals surface area contributed by atoms with Gasteiger partial charge in [-0.15, -0.1) is 0 Å². The van der Waals surface area contributed by atoms with Crippen LogP contribution in [-0.4, -0.2) is 55.0 Å². The van der Waals surface area contributed by atoms with Crippen LogP contribution in [0.5, 0.6) is 0 Å². The molecule has 1 aliphatic heterocycles. The van der Waals surface area contributed by atoms with Gasteiger partial charge in [0.25, 0.3) is 5.91 Å². The first-order valence-electron chi connectivity index (χ1n) is 7.59. The maximum atomic E-state index is 13.3. The molecule has 1 aromatic carbocycles. The summed E-state index contributed by atoms with van der Waals surface area (Å²) in [5.74, 6) is -0.269. The zero-order chi connectivity index (χ0) is 15.2. The first-order valence-corrected chi connectivity index (χ1v) is 7.59. The minimum Gasteiger partial charge on any atom is -0.337 e. The van der Waals surface area contributed by atoms with Gasteiger partial charge in [-0.05, 0) is 63.2 Å². The van der Waals surface area contributed by atoms with E-state index in [2.05, 4.69) is 4.90 Å². The number of benzene rings is 1. The summed E-state index contributed by atoms with van der Waals surface area (Å²) >= 11 is 0. The van der Waals surface area contributed by atoms with Crippen LogP contribution in [0.25, 0.3) is 0 Å². The molecule has 5 heteroatoms. The van der Waals surface area contributed by atoms with Crippen molar-refractivity contribution in [1.29, 1.82) is 0 Å². The molecule has 4 nitrogen and oxygen atoms in total. The van der Waals surface area contributed by atoms with E-state index in [1.165, 1.54) is 6.07 Å². The predicted molar refractivity (Wildman–Crippen MR) is 81.8 cm³/mol. The summed E-state index contributed by atoms with van der Waals surface area (Å²) in [5.41, 5.74) is 6.63. The van der Waals surface area contributed by atoms with Crippen molar-refractivity contribution in [2.24, 2.45) is 5.73 Å². The topological polar surface area (TPSA) is 49.6 Å². The van der Waals surface area contributed by atoms with Gasteiger partial charge < -0.3 is 15.5 Å². The van der Waals surface area contributed by atoms with Crippen molar-refractivity contribution in [2.45, 2.75) is 19.8 Å². The highest BCUT2D eigenvalue weighted by Crippen LogP contribution is 2.13. The molecule has 0 atom stereocenters. The first kappa shape index (κ1) is 15.9. The molecule has 2 rings (SSSR count). The Kier molecular flexibility index (Phi) is 5.70. The van der Waals surface area contributed by atoms with Gasteiger partial charge in [-0.3, -0.25) is 4.79 Å². The van der Waals surface area contributed by atoms with Gasteiger partial charge in [0, 0.05) is 25.2 Å². The van der Waals surface area contributed by atoms with E-state index in [4.69, 9.17) is 5.73 Å². The zero-order valence-corrected chi connectivity index (χ0v) is 12.6. The lowest BCUT2D eigenvalue weighted by Gasteiger charge is -2.22. The fourth-order valence-corrected chi connectivity index (χ4v) is 2.67. The quantitative estimate of drug-likeness (QED) is 0.918. The van der Waals surface area contributed by atoms with Crippen LogP contribution in [0.1, 0.15) is 28.8 Å². The minimum atomic E-state index is -0.268. The lowest BCUT2D eigenvalue weighted by molar-refractivity contribution is 0.0761. The second-order valence-electron chi connectivity index (χ2n) is 5.59. The summed E-state index contributed by atoms with van der Waals surface area (Å²) < 4.78 is 13.3. The van der Waals surface area contributed by atoms with Gasteiger partial charge in [0.15, 0.2) is 0 Å². The van der Waals surface area contributed by atoms with Gasteiger partial charge in [-0.25, -0.2) is 4.39 Å². The summed E-state index contributed by atoms with van der Waals surface area (Å²) in [7, 11) is 0. The van der Waals surface area contributed by atoms with Crippen LogP contribution >= 0.6 is 0 Å². The van der Waals surface area contributed by atoms with E-state index in [1.54, 1.807) is 19.1 Å². The molecule has 0 saturated carbocycles. The molecule has 21 heavy (non-hydrogen) atoms. The zero-order valence-electron chi connectivity index (χ0n) is 12.6. The van der Waals surface area contributed by atoms with Crippen LogP contribution in [0, 0.1) is 12.7 Å². The highest BCUT2D eigenvalue weighted by Gasteiger charge is 2.20. The minimum absolute atomic E-state index is 0.00113. The molecular weight excluding hydrogens is 269 g/mol. The second-order valence-corrected chi connectivity index (χ2v) is 5.59. The smallest absolute Gasteiger partial charge is 0.253 e. The molecule has 0 radical (unpaired) electrons. The summed E-state index contributed by atoms with van der Waals surface area (Å²) in [4.78, 5) is 16.7. The summed E-state index contributed by atoms with van der Waals surface area (Å²) in [6.07, 6.45) is 1.96. The molecule has 1 fully saturated rings. The number of amides is 1. The number of nitrogens with zero attached hydrogens (tertiary/aromatic N) is 2. The SMILES string of the molecule is Cc1cc(C(=O)N2CCCN(CCCN)CC2)ccc1F. The van der Waals surface area contributed by atoms with Crippen molar-refractivity contribution in [3.8, 4) is 0 Å². The standard InChI is InChI=1S/C16H24FN3O/c1-13-12-14(4-5-15(13)17)16(21)20-9-3-8-19(10-11-20)7-2-6-18/h4-5,12H,2-3,6-11,18H2,1H3. The average Bonchev–Trinajstić information content (AvgIpc) is 2.73. The maximum absolute atomic E-state index is 13.3. The number of aryl methyl sites for hydroxylation is 1. The van der Waals surface area contributed by atoms with Crippen LogP contribution in [0.15, 0.2) is 18.2 Å². The Bertz CT molecular complexity index is 492. The van der Waals surface area contributed by atoms with E-state index in [-0.39, 0.29) is 11.7 Å². The molecule has 0 spiro atoms. The molecule has 2 N–H and O–H groups in total. The maximum Gasteiger partial charge on any atom is 0.253 e. The Hall–Kier alpha value is -1.46. The molecule has 0 unspecified atom stereocenters. The van der Waals surface area contributed by atoms with Crippen molar-refractivity contribution in [3.63, 3.8) is 0 Å². The van der Waals surface area contributed by atoms with Gasteiger partial charge in [-0.1, -0.05) is 0 Å². The van der Waals surface area contributed by atoms with Gasteiger partial charge in [0.05, 0.1) is 0 Å². The fraction of sp³-hybridized carbons (Fsp3) is 0.562. The van der Waals surface area contributed by atoms with Crippen molar-refractivity contribution in [3.05, 3.63) is 35.1 Å². The Morgan fingerprint density at radius 3 is 2.81 bits per heavy atom. The number of nitrogens with two attached hydrogens (primary N) is 1. The Balaban J connectivity index is 1.98. The van der Waals surface area contributed by atoms with Crippen molar-refractivity contribution in [2.75, 3.05) is 39.3 Å². The average molecular weight is 293 g/mol. The van der Waals surface area contributed by atoms with Gasteiger partial charge in [0.2, 0.25) is 0 Å². The lowest BCUT2D eigenvalue weighted by atomic mass is 10.1. The molecule has 0 bridgehead atoms. The molecular formula is C16H24FN3O. The number of hydrogen-bond donors (Lipinski definition) is 1. The van der Waals surface area contributed by atoms with E-state index in [0.29, 0.717) is 17.7 Å². The molecule has 0 aromatic heterocycles. The number of carbonyl (C=O) groups excluding carboxylic acids is 1. The van der Waals surface area contributed by atoms with E-state index >= 15 is 0 Å². The van der Waals surface area contributed by atoms with Crippen LogP contribution in [0.2, 0.25) is 0 Å². The second kappa shape index (κ2) is 7.52. The van der Waals surface area contributed by atoms with E-state index < -0.39 is 0 Å². The molecule has 1 aromatic rings. The number of rotatable bonds is 4. The molecule has 1 aliphatic rings. The number of hydrogen-bond acceptors (Lipinski definition) is 3. The third-order valence-electron chi connectivity index (χ3n) is 3.96. The van der Waals surface area contributed by atoms with E-state index in [9.17, 15) is 9.18 Å². The Labute approximate surface area is 125 Å². The molecule has 116 valence electrons. The van der Waals surface area contributed by atoms with Crippen molar-refractivity contribution >= 4 is 5.91 Å². The third-order valence-corrected chi connectivity index (χ3v) is 3.96. The summed E-state index contributed by atoms with van der Waals surface area (Å²) in [6.45, 7) is 6.75. The van der Waals surface area contributed by atoms with E-state index in [1.807, 2.05) is 4.90 Å². The normalized spacial score (nSPS) is 16.8. The van der Waals surface area contributed by atoms with Crippen molar-refractivity contribution < 1.29 is 9.18 Å². The van der Waals surface area contributed by atoms with Crippen LogP contribution in [0.3, 0.4) is 0 Å². The molecule has 1 heterocycles. The van der Waals surface area contributed by atoms with E-state index in [0.717, 1.165) is 45.6 Å². The highest BCUT2D eigenvalue weighted by molar-refractivity contribution is 5.94. The van der Waals surface area contributed by atoms with Crippen LogP contribution in [0.4, 0.5) is 4.39 Å².